The van der Waals surface area contributed by atoms with Gasteiger partial charge in [0.15, 0.2) is 11.5 Å². The average molecular weight is 204 g/mol. The molecule has 2 N–H and O–H groups in total. The molecule has 1 aromatic heterocycles. The van der Waals surface area contributed by atoms with Crippen molar-refractivity contribution in [3.63, 3.8) is 0 Å². The molecule has 0 radical (unpaired) electrons. The summed E-state index contributed by atoms with van der Waals surface area (Å²) in [5.41, 5.74) is 10.6. The minimum Gasteiger partial charge on any atom is -0.440 e. The second-order valence-electron chi connectivity index (χ2n) is 4.29. The topological polar surface area (TPSA) is 52.0 Å². The second kappa shape index (κ2) is 3.26. The Bertz CT molecular complexity index is 512. The number of fused-ring (bicyclic) bond motifs is 1. The number of oxazole rings is 1. The number of aromatic nitrogens is 1. The van der Waals surface area contributed by atoms with Crippen LogP contribution in [0.3, 0.4) is 0 Å². The molecule has 2 rings (SSSR count). The van der Waals surface area contributed by atoms with E-state index in [1.54, 1.807) is 0 Å². The van der Waals surface area contributed by atoms with E-state index in [1.807, 2.05) is 19.9 Å². The molecule has 15 heavy (non-hydrogen) atoms. The van der Waals surface area contributed by atoms with E-state index in [2.05, 4.69) is 18.8 Å². The number of nitrogens with zero attached hydrogens (tertiary/aromatic N) is 1. The molecule has 3 heteroatoms. The van der Waals surface area contributed by atoms with Crippen molar-refractivity contribution >= 4 is 16.8 Å². The Kier molecular flexibility index (Phi) is 2.18. The molecule has 0 bridgehead atoms. The van der Waals surface area contributed by atoms with Gasteiger partial charge < -0.3 is 10.2 Å². The van der Waals surface area contributed by atoms with E-state index >= 15 is 0 Å². The fraction of sp³-hybridized carbons (Fsp3) is 0.417. The first-order chi connectivity index (χ1) is 7.00. The van der Waals surface area contributed by atoms with Gasteiger partial charge in [-0.2, -0.15) is 0 Å². The minimum atomic E-state index is 0.304. The van der Waals surface area contributed by atoms with E-state index in [4.69, 9.17) is 10.2 Å². The summed E-state index contributed by atoms with van der Waals surface area (Å²) in [7, 11) is 0. The number of nitrogen functional groups attached to an aromatic ring is 1. The molecular formula is C12H16N2O. The van der Waals surface area contributed by atoms with Crippen LogP contribution < -0.4 is 5.73 Å². The van der Waals surface area contributed by atoms with Gasteiger partial charge in [-0.05, 0) is 25.5 Å². The van der Waals surface area contributed by atoms with E-state index in [1.165, 1.54) is 0 Å². The Morgan fingerprint density at radius 3 is 2.60 bits per heavy atom. The summed E-state index contributed by atoms with van der Waals surface area (Å²) < 4.78 is 5.68. The van der Waals surface area contributed by atoms with Gasteiger partial charge in [-0.1, -0.05) is 13.8 Å². The second-order valence-corrected chi connectivity index (χ2v) is 4.29. The molecule has 0 spiro atoms. The zero-order chi connectivity index (χ0) is 11.2. The van der Waals surface area contributed by atoms with Gasteiger partial charge in [0, 0.05) is 17.2 Å². The van der Waals surface area contributed by atoms with Crippen LogP contribution >= 0.6 is 0 Å². The predicted molar refractivity (Wildman–Crippen MR) is 62.0 cm³/mol. The molecule has 0 aliphatic rings. The Hall–Kier alpha value is -1.51. The van der Waals surface area contributed by atoms with Crippen LogP contribution in [0.5, 0.6) is 0 Å². The summed E-state index contributed by atoms with van der Waals surface area (Å²) >= 11 is 0. The van der Waals surface area contributed by atoms with Crippen molar-refractivity contribution in [2.45, 2.75) is 33.6 Å². The molecule has 0 aliphatic carbocycles. The van der Waals surface area contributed by atoms with E-state index < -0.39 is 0 Å². The van der Waals surface area contributed by atoms with Gasteiger partial charge in [0.2, 0.25) is 0 Å². The number of hydrogen-bond donors (Lipinski definition) is 1. The van der Waals surface area contributed by atoms with Crippen LogP contribution in [0, 0.1) is 13.8 Å². The fourth-order valence-electron chi connectivity index (χ4n) is 1.66. The number of hydrogen-bond acceptors (Lipinski definition) is 3. The Labute approximate surface area is 89.3 Å². The monoisotopic (exact) mass is 204 g/mol. The van der Waals surface area contributed by atoms with Crippen LogP contribution in [-0.2, 0) is 0 Å². The first-order valence-electron chi connectivity index (χ1n) is 5.16. The van der Waals surface area contributed by atoms with Crippen molar-refractivity contribution in [3.8, 4) is 0 Å². The van der Waals surface area contributed by atoms with Gasteiger partial charge >= 0.3 is 0 Å². The summed E-state index contributed by atoms with van der Waals surface area (Å²) in [6.07, 6.45) is 0. The fourth-order valence-corrected chi connectivity index (χ4v) is 1.66. The van der Waals surface area contributed by atoms with Gasteiger partial charge in [0.1, 0.15) is 5.52 Å². The lowest BCUT2D eigenvalue weighted by molar-refractivity contribution is 0.501. The number of anilines is 1. The van der Waals surface area contributed by atoms with Crippen LogP contribution in [0.2, 0.25) is 0 Å². The normalized spacial score (nSPS) is 11.5. The molecule has 0 fully saturated rings. The number of benzene rings is 1. The van der Waals surface area contributed by atoms with Gasteiger partial charge in [-0.25, -0.2) is 4.98 Å². The van der Waals surface area contributed by atoms with Crippen LogP contribution in [0.15, 0.2) is 10.5 Å². The third-order valence-electron chi connectivity index (χ3n) is 2.70. The number of nitrogens with two attached hydrogens (primary N) is 1. The minimum absolute atomic E-state index is 0.304. The molecule has 2 aromatic rings. The zero-order valence-corrected chi connectivity index (χ0v) is 9.59. The Morgan fingerprint density at radius 2 is 2.00 bits per heavy atom. The first kappa shape index (κ1) is 10.0. The molecule has 3 nitrogen and oxygen atoms in total. The SMILES string of the molecule is Cc1cc2oc(C(C)C)nc2c(C)c1N. The molecule has 0 atom stereocenters. The lowest BCUT2D eigenvalue weighted by Crippen LogP contribution is -1.94. The van der Waals surface area contributed by atoms with E-state index in [0.717, 1.165) is 33.8 Å². The van der Waals surface area contributed by atoms with Crippen LogP contribution in [0.1, 0.15) is 36.8 Å². The Balaban J connectivity index is 2.76. The quantitative estimate of drug-likeness (QED) is 0.726. The molecule has 0 amide bonds. The maximum atomic E-state index is 5.95. The van der Waals surface area contributed by atoms with E-state index in [9.17, 15) is 0 Å². The van der Waals surface area contributed by atoms with Gasteiger partial charge in [0.25, 0.3) is 0 Å². The van der Waals surface area contributed by atoms with Crippen molar-refractivity contribution in [1.29, 1.82) is 0 Å². The first-order valence-corrected chi connectivity index (χ1v) is 5.16. The lowest BCUT2D eigenvalue weighted by Gasteiger charge is -2.02. The molecule has 1 heterocycles. The summed E-state index contributed by atoms with van der Waals surface area (Å²) in [6, 6.07) is 1.95. The number of rotatable bonds is 1. The van der Waals surface area contributed by atoms with Gasteiger partial charge in [-0.15, -0.1) is 0 Å². The molecule has 1 aromatic carbocycles. The lowest BCUT2D eigenvalue weighted by atomic mass is 10.1. The van der Waals surface area contributed by atoms with Crippen LogP contribution in [0.25, 0.3) is 11.1 Å². The summed E-state index contributed by atoms with van der Waals surface area (Å²) in [4.78, 5) is 4.47. The van der Waals surface area contributed by atoms with E-state index in [0.29, 0.717) is 5.92 Å². The molecule has 0 saturated carbocycles. The van der Waals surface area contributed by atoms with E-state index in [-0.39, 0.29) is 0 Å². The summed E-state index contributed by atoms with van der Waals surface area (Å²) in [5, 5.41) is 0. The highest BCUT2D eigenvalue weighted by Crippen LogP contribution is 2.29. The van der Waals surface area contributed by atoms with Crippen molar-refractivity contribution < 1.29 is 4.42 Å². The maximum absolute atomic E-state index is 5.95. The highest BCUT2D eigenvalue weighted by atomic mass is 16.3. The molecular weight excluding hydrogens is 188 g/mol. The smallest absolute Gasteiger partial charge is 0.198 e. The molecule has 80 valence electrons. The average Bonchev–Trinajstić information content (AvgIpc) is 2.58. The van der Waals surface area contributed by atoms with Crippen LogP contribution in [0.4, 0.5) is 5.69 Å². The molecule has 0 aliphatic heterocycles. The Morgan fingerprint density at radius 1 is 1.33 bits per heavy atom. The van der Waals surface area contributed by atoms with Gasteiger partial charge in [-0.3, -0.25) is 0 Å². The van der Waals surface area contributed by atoms with Gasteiger partial charge in [0.05, 0.1) is 0 Å². The van der Waals surface area contributed by atoms with Crippen molar-refractivity contribution in [1.82, 2.24) is 4.98 Å². The third-order valence-corrected chi connectivity index (χ3v) is 2.70. The standard InChI is InChI=1S/C12H16N2O/c1-6(2)12-14-11-8(4)10(13)7(3)5-9(11)15-12/h5-6H,13H2,1-4H3. The van der Waals surface area contributed by atoms with Crippen molar-refractivity contribution in [3.05, 3.63) is 23.1 Å². The van der Waals surface area contributed by atoms with Crippen LogP contribution in [-0.4, -0.2) is 4.98 Å². The largest absolute Gasteiger partial charge is 0.440 e. The zero-order valence-electron chi connectivity index (χ0n) is 9.59. The number of aryl methyl sites for hydroxylation is 2. The highest BCUT2D eigenvalue weighted by Gasteiger charge is 2.13. The molecule has 0 unspecified atom stereocenters. The highest BCUT2D eigenvalue weighted by molar-refractivity contribution is 5.83. The summed E-state index contributed by atoms with van der Waals surface area (Å²) in [6.45, 7) is 8.10. The summed E-state index contributed by atoms with van der Waals surface area (Å²) in [5.74, 6) is 1.08. The molecule has 0 saturated heterocycles. The predicted octanol–water partition coefficient (Wildman–Crippen LogP) is 3.15. The van der Waals surface area contributed by atoms with Crippen molar-refractivity contribution in [2.24, 2.45) is 0 Å². The van der Waals surface area contributed by atoms with Crippen molar-refractivity contribution in [2.75, 3.05) is 5.73 Å². The third kappa shape index (κ3) is 1.48. The maximum Gasteiger partial charge on any atom is 0.198 e.